The molecule has 0 amide bonds. The van der Waals surface area contributed by atoms with E-state index in [9.17, 15) is 0 Å². The van der Waals surface area contributed by atoms with Crippen molar-refractivity contribution in [1.29, 1.82) is 0 Å². The van der Waals surface area contributed by atoms with Crippen molar-refractivity contribution in [1.82, 2.24) is 18.9 Å². The number of aromatic nitrogens is 4. The van der Waals surface area contributed by atoms with Gasteiger partial charge in [0.2, 0.25) is 0 Å². The predicted octanol–water partition coefficient (Wildman–Crippen LogP) is 8.95. The number of hydrogen-bond acceptors (Lipinski definition) is 2. The van der Waals surface area contributed by atoms with E-state index in [1.165, 1.54) is 21.5 Å². The van der Waals surface area contributed by atoms with E-state index < -0.39 is 0 Å². The maximum absolute atomic E-state index is 5.16. The molecule has 0 bridgehead atoms. The maximum atomic E-state index is 5.16. The smallest absolute Gasteiger partial charge is 0.146 e. The maximum Gasteiger partial charge on any atom is 0.146 e. The monoisotopic (exact) mass is 510 g/mol. The molecule has 4 nitrogen and oxygen atoms in total. The number of pyridine rings is 2. The summed E-state index contributed by atoms with van der Waals surface area (Å²) in [4.78, 5) is 10.2. The van der Waals surface area contributed by atoms with Gasteiger partial charge in [0, 0.05) is 27.1 Å². The van der Waals surface area contributed by atoms with Gasteiger partial charge in [-0.1, -0.05) is 91.0 Å². The van der Waals surface area contributed by atoms with E-state index in [2.05, 4.69) is 136 Å². The molecular weight excluding hydrogens is 488 g/mol. The molecule has 0 atom stereocenters. The normalized spacial score (nSPS) is 12.0. The standard InChI is InChI=1S/C36H22N4/c1-2-11-23(12-3-1)27-17-10-20-33(37-27)39-29-18-8-6-15-26(29)35-31(39)21-22-32-34(35)24-13-4-5-14-25(24)36-38-28-16-7-9-19-30(28)40(32)36/h1-22H. The third-order valence-electron chi connectivity index (χ3n) is 8.09. The van der Waals surface area contributed by atoms with Gasteiger partial charge in [-0.3, -0.25) is 8.97 Å². The number of nitrogens with zero attached hydrogens (tertiary/aromatic N) is 4. The second-order valence-electron chi connectivity index (χ2n) is 10.3. The third kappa shape index (κ3) is 2.85. The molecule has 5 aromatic carbocycles. The summed E-state index contributed by atoms with van der Waals surface area (Å²) < 4.78 is 4.63. The van der Waals surface area contributed by atoms with Crippen molar-refractivity contribution in [3.8, 4) is 17.1 Å². The summed E-state index contributed by atoms with van der Waals surface area (Å²) in [6.07, 6.45) is 0. The minimum Gasteiger partial charge on any atom is -0.294 e. The van der Waals surface area contributed by atoms with Crippen LogP contribution in [0.25, 0.3) is 77.2 Å². The fourth-order valence-electron chi connectivity index (χ4n) is 6.42. The average molecular weight is 511 g/mol. The largest absolute Gasteiger partial charge is 0.294 e. The first-order valence-corrected chi connectivity index (χ1v) is 13.5. The first-order chi connectivity index (χ1) is 19.9. The van der Waals surface area contributed by atoms with Gasteiger partial charge in [-0.25, -0.2) is 9.97 Å². The van der Waals surface area contributed by atoms with Gasteiger partial charge >= 0.3 is 0 Å². The van der Waals surface area contributed by atoms with Gasteiger partial charge in [0.25, 0.3) is 0 Å². The molecule has 9 rings (SSSR count). The minimum absolute atomic E-state index is 0.908. The zero-order chi connectivity index (χ0) is 26.2. The molecule has 0 radical (unpaired) electrons. The van der Waals surface area contributed by atoms with Crippen molar-refractivity contribution < 1.29 is 0 Å². The van der Waals surface area contributed by atoms with Gasteiger partial charge in [-0.2, -0.15) is 0 Å². The summed E-state index contributed by atoms with van der Waals surface area (Å²) in [7, 11) is 0. The lowest BCUT2D eigenvalue weighted by Crippen LogP contribution is -1.98. The molecule has 186 valence electrons. The molecule has 0 fully saturated rings. The Balaban J connectivity index is 1.48. The SMILES string of the molecule is c1ccc(-c2cccc(-n3c4ccccc4c4c5c6ccccc6c6nc7ccccc7n6c5ccc43)n2)cc1. The Morgan fingerprint density at radius 2 is 1.10 bits per heavy atom. The lowest BCUT2D eigenvalue weighted by molar-refractivity contribution is 1.08. The minimum atomic E-state index is 0.908. The van der Waals surface area contributed by atoms with E-state index in [0.717, 1.165) is 55.7 Å². The van der Waals surface area contributed by atoms with Gasteiger partial charge in [-0.05, 0) is 47.9 Å². The molecule has 0 unspecified atom stereocenters. The molecule has 4 heterocycles. The molecule has 4 heteroatoms. The molecule has 0 spiro atoms. The van der Waals surface area contributed by atoms with Crippen LogP contribution in [0.2, 0.25) is 0 Å². The van der Waals surface area contributed by atoms with Crippen LogP contribution in [0.3, 0.4) is 0 Å². The number of benzene rings is 5. The summed E-state index contributed by atoms with van der Waals surface area (Å²) in [5.74, 6) is 0.908. The molecule has 4 aromatic heterocycles. The number of hydrogen-bond donors (Lipinski definition) is 0. The topological polar surface area (TPSA) is 35.1 Å². The van der Waals surface area contributed by atoms with Crippen molar-refractivity contribution in [2.24, 2.45) is 0 Å². The Labute approximate surface area is 229 Å². The van der Waals surface area contributed by atoms with Crippen molar-refractivity contribution in [3.63, 3.8) is 0 Å². The van der Waals surface area contributed by atoms with Gasteiger partial charge in [-0.15, -0.1) is 0 Å². The highest BCUT2D eigenvalue weighted by molar-refractivity contribution is 6.29. The van der Waals surface area contributed by atoms with Gasteiger partial charge in [0.15, 0.2) is 0 Å². The summed E-state index contributed by atoms with van der Waals surface area (Å²) >= 11 is 0. The highest BCUT2D eigenvalue weighted by Crippen LogP contribution is 2.41. The van der Waals surface area contributed by atoms with E-state index in [1.807, 2.05) is 6.07 Å². The summed E-state index contributed by atoms with van der Waals surface area (Å²) in [5, 5.41) is 6.04. The molecular formula is C36H22N4. The molecule has 0 saturated carbocycles. The Morgan fingerprint density at radius 1 is 0.425 bits per heavy atom. The second-order valence-corrected chi connectivity index (χ2v) is 10.3. The van der Waals surface area contributed by atoms with Crippen LogP contribution in [0.1, 0.15) is 0 Å². The van der Waals surface area contributed by atoms with E-state index in [4.69, 9.17) is 9.97 Å². The Morgan fingerprint density at radius 3 is 1.98 bits per heavy atom. The van der Waals surface area contributed by atoms with Crippen LogP contribution in [-0.2, 0) is 0 Å². The van der Waals surface area contributed by atoms with Gasteiger partial charge < -0.3 is 0 Å². The zero-order valence-corrected chi connectivity index (χ0v) is 21.5. The molecule has 40 heavy (non-hydrogen) atoms. The fourth-order valence-corrected chi connectivity index (χ4v) is 6.42. The highest BCUT2D eigenvalue weighted by Gasteiger charge is 2.20. The Hall–Kier alpha value is -5.48. The van der Waals surface area contributed by atoms with E-state index in [-0.39, 0.29) is 0 Å². The molecule has 0 N–H and O–H groups in total. The highest BCUT2D eigenvalue weighted by atomic mass is 15.1. The first-order valence-electron chi connectivity index (χ1n) is 13.5. The summed E-state index contributed by atoms with van der Waals surface area (Å²) in [5.41, 5.74) is 8.62. The van der Waals surface area contributed by atoms with Gasteiger partial charge in [0.1, 0.15) is 11.5 Å². The molecule has 0 aliphatic rings. The molecule has 0 aliphatic heterocycles. The van der Waals surface area contributed by atoms with Crippen LogP contribution in [0, 0.1) is 0 Å². The van der Waals surface area contributed by atoms with Crippen LogP contribution in [0.5, 0.6) is 0 Å². The fraction of sp³-hybridized carbons (Fsp3) is 0. The van der Waals surface area contributed by atoms with Crippen molar-refractivity contribution >= 4 is 60.2 Å². The molecule has 9 aromatic rings. The number of rotatable bonds is 2. The van der Waals surface area contributed by atoms with Crippen molar-refractivity contribution in [3.05, 3.63) is 133 Å². The van der Waals surface area contributed by atoms with E-state index >= 15 is 0 Å². The van der Waals surface area contributed by atoms with Crippen molar-refractivity contribution in [2.45, 2.75) is 0 Å². The number of para-hydroxylation sites is 3. The zero-order valence-electron chi connectivity index (χ0n) is 21.5. The Bertz CT molecular complexity index is 2430. The molecule has 0 saturated heterocycles. The second kappa shape index (κ2) is 8.01. The lowest BCUT2D eigenvalue weighted by atomic mass is 10.0. The number of imidazole rings is 1. The van der Waals surface area contributed by atoms with Crippen LogP contribution >= 0.6 is 0 Å². The van der Waals surface area contributed by atoms with Crippen LogP contribution < -0.4 is 0 Å². The number of fused-ring (bicyclic) bond motifs is 12. The predicted molar refractivity (Wildman–Crippen MR) is 165 cm³/mol. The van der Waals surface area contributed by atoms with Crippen LogP contribution in [0.15, 0.2) is 133 Å². The van der Waals surface area contributed by atoms with E-state index in [0.29, 0.717) is 0 Å². The van der Waals surface area contributed by atoms with Crippen LogP contribution in [-0.4, -0.2) is 18.9 Å². The summed E-state index contributed by atoms with van der Waals surface area (Å²) in [6, 6.07) is 46.9. The van der Waals surface area contributed by atoms with Crippen molar-refractivity contribution in [2.75, 3.05) is 0 Å². The van der Waals surface area contributed by atoms with Gasteiger partial charge in [0.05, 0.1) is 33.3 Å². The summed E-state index contributed by atoms with van der Waals surface area (Å²) in [6.45, 7) is 0. The first kappa shape index (κ1) is 21.5. The molecule has 0 aliphatic carbocycles. The quantitative estimate of drug-likeness (QED) is 0.218. The van der Waals surface area contributed by atoms with E-state index in [1.54, 1.807) is 0 Å². The Kier molecular flexibility index (Phi) is 4.30. The van der Waals surface area contributed by atoms with Crippen LogP contribution in [0.4, 0.5) is 0 Å². The third-order valence-corrected chi connectivity index (χ3v) is 8.09. The lowest BCUT2D eigenvalue weighted by Gasteiger charge is -2.12. The average Bonchev–Trinajstić information content (AvgIpc) is 3.58.